The van der Waals surface area contributed by atoms with Gasteiger partial charge in [0.1, 0.15) is 24.4 Å². The number of aliphatic hydroxyl groups is 4. The van der Waals surface area contributed by atoms with Gasteiger partial charge in [0.15, 0.2) is 6.29 Å². The molecule has 90 valence electrons. The minimum absolute atomic E-state index is 0.455. The Hall–Kier alpha value is -0.280. The zero-order valence-corrected chi connectivity index (χ0v) is 8.50. The normalized spacial score (nSPS) is 41.8. The van der Waals surface area contributed by atoms with Crippen LogP contribution in [0.15, 0.2) is 0 Å². The van der Waals surface area contributed by atoms with Crippen LogP contribution < -0.4 is 10.9 Å². The van der Waals surface area contributed by atoms with Gasteiger partial charge >= 0.3 is 0 Å². The van der Waals surface area contributed by atoms with Crippen LogP contribution >= 0.6 is 0 Å². The number of nitrogens with one attached hydrogen (secondary N) is 2. The highest BCUT2D eigenvalue weighted by Gasteiger charge is 2.43. The number of aliphatic hydroxyl groups excluding tert-OH is 4. The predicted octanol–water partition coefficient (Wildman–Crippen LogP) is -3.10. The second-order valence-corrected chi connectivity index (χ2v) is 3.43. The van der Waals surface area contributed by atoms with E-state index in [9.17, 15) is 15.3 Å². The molecular weight excluding hydrogens is 204 g/mol. The first-order valence-corrected chi connectivity index (χ1v) is 4.90. The molecule has 6 N–H and O–H groups in total. The van der Waals surface area contributed by atoms with Crippen molar-refractivity contribution in [3.63, 3.8) is 0 Å². The van der Waals surface area contributed by atoms with Crippen molar-refractivity contribution in [1.29, 1.82) is 0 Å². The summed E-state index contributed by atoms with van der Waals surface area (Å²) in [5.41, 5.74) is 5.34. The molecule has 7 heteroatoms. The third-order valence-electron chi connectivity index (χ3n) is 2.35. The van der Waals surface area contributed by atoms with E-state index in [1.165, 1.54) is 0 Å². The molecular formula is C8H18N2O5. The summed E-state index contributed by atoms with van der Waals surface area (Å²) in [7, 11) is 0. The average Bonchev–Trinajstić information content (AvgIpc) is 2.23. The second-order valence-electron chi connectivity index (χ2n) is 3.43. The van der Waals surface area contributed by atoms with Crippen molar-refractivity contribution < 1.29 is 25.2 Å². The molecule has 0 spiro atoms. The lowest BCUT2D eigenvalue weighted by atomic mass is 9.98. The summed E-state index contributed by atoms with van der Waals surface area (Å²) in [5.74, 6) is 0. The van der Waals surface area contributed by atoms with Crippen molar-refractivity contribution in [3.8, 4) is 0 Å². The SMILES string of the molecule is CCNN[C@H]1C(O)O[C@H](CO)[C@@H](O)[C@@H]1O. The van der Waals surface area contributed by atoms with Gasteiger partial charge in [-0.2, -0.15) is 0 Å². The summed E-state index contributed by atoms with van der Waals surface area (Å²) in [4.78, 5) is 0. The van der Waals surface area contributed by atoms with Crippen molar-refractivity contribution in [2.45, 2.75) is 37.6 Å². The van der Waals surface area contributed by atoms with Gasteiger partial charge in [0.05, 0.1) is 6.61 Å². The summed E-state index contributed by atoms with van der Waals surface area (Å²) in [6.07, 6.45) is -4.67. The molecule has 15 heavy (non-hydrogen) atoms. The van der Waals surface area contributed by atoms with Gasteiger partial charge in [-0.15, -0.1) is 0 Å². The highest BCUT2D eigenvalue weighted by atomic mass is 16.6. The largest absolute Gasteiger partial charge is 0.394 e. The number of ether oxygens (including phenoxy) is 1. The smallest absolute Gasteiger partial charge is 0.174 e. The fourth-order valence-corrected chi connectivity index (χ4v) is 1.47. The fraction of sp³-hybridized carbons (Fsp3) is 1.00. The number of rotatable bonds is 4. The lowest BCUT2D eigenvalue weighted by molar-refractivity contribution is -0.256. The topological polar surface area (TPSA) is 114 Å². The molecule has 1 heterocycles. The van der Waals surface area contributed by atoms with Crippen LogP contribution in [-0.4, -0.2) is 64.2 Å². The maximum atomic E-state index is 9.63. The van der Waals surface area contributed by atoms with E-state index in [1.54, 1.807) is 0 Å². The van der Waals surface area contributed by atoms with Crippen LogP contribution in [0.25, 0.3) is 0 Å². The summed E-state index contributed by atoms with van der Waals surface area (Å²) in [6.45, 7) is 1.97. The van der Waals surface area contributed by atoms with Gasteiger partial charge in [-0.05, 0) is 0 Å². The molecule has 0 amide bonds. The molecule has 7 nitrogen and oxygen atoms in total. The Bertz CT molecular complexity index is 194. The van der Waals surface area contributed by atoms with Gasteiger partial charge < -0.3 is 25.2 Å². The summed E-state index contributed by atoms with van der Waals surface area (Å²) in [6, 6.07) is -0.831. The third-order valence-corrected chi connectivity index (χ3v) is 2.35. The maximum absolute atomic E-state index is 9.63. The van der Waals surface area contributed by atoms with Crippen molar-refractivity contribution in [1.82, 2.24) is 10.9 Å². The van der Waals surface area contributed by atoms with Crippen LogP contribution in [0.5, 0.6) is 0 Å². The van der Waals surface area contributed by atoms with Crippen LogP contribution in [0.4, 0.5) is 0 Å². The molecule has 1 aliphatic heterocycles. The zero-order chi connectivity index (χ0) is 11.4. The minimum Gasteiger partial charge on any atom is -0.394 e. The number of hydrazine groups is 1. The fourth-order valence-electron chi connectivity index (χ4n) is 1.47. The minimum atomic E-state index is -1.28. The summed E-state index contributed by atoms with van der Waals surface area (Å²) < 4.78 is 4.92. The Morgan fingerprint density at radius 3 is 2.40 bits per heavy atom. The third kappa shape index (κ3) is 2.85. The molecule has 0 radical (unpaired) electrons. The van der Waals surface area contributed by atoms with E-state index in [4.69, 9.17) is 9.84 Å². The lowest BCUT2D eigenvalue weighted by Crippen LogP contribution is -2.65. The Balaban J connectivity index is 2.58. The summed E-state index contributed by atoms with van der Waals surface area (Å²) in [5, 5.41) is 37.4. The Morgan fingerprint density at radius 2 is 1.87 bits per heavy atom. The molecule has 1 rings (SSSR count). The number of hydrogen-bond acceptors (Lipinski definition) is 7. The summed E-state index contributed by atoms with van der Waals surface area (Å²) >= 11 is 0. The maximum Gasteiger partial charge on any atom is 0.174 e. The van der Waals surface area contributed by atoms with Crippen molar-refractivity contribution in [3.05, 3.63) is 0 Å². The van der Waals surface area contributed by atoms with E-state index in [0.29, 0.717) is 6.54 Å². The predicted molar refractivity (Wildman–Crippen MR) is 50.6 cm³/mol. The highest BCUT2D eigenvalue weighted by Crippen LogP contribution is 2.19. The van der Waals surface area contributed by atoms with Crippen molar-refractivity contribution in [2.24, 2.45) is 0 Å². The van der Waals surface area contributed by atoms with Crippen LogP contribution in [0, 0.1) is 0 Å². The van der Waals surface area contributed by atoms with E-state index >= 15 is 0 Å². The highest BCUT2D eigenvalue weighted by molar-refractivity contribution is 4.91. The Labute approximate surface area is 87.6 Å². The molecule has 5 atom stereocenters. The average molecular weight is 222 g/mol. The Morgan fingerprint density at radius 1 is 1.20 bits per heavy atom. The first-order chi connectivity index (χ1) is 7.11. The molecule has 0 bridgehead atoms. The van der Waals surface area contributed by atoms with Gasteiger partial charge in [-0.1, -0.05) is 6.92 Å². The molecule has 0 aromatic heterocycles. The van der Waals surface area contributed by atoms with Gasteiger partial charge in [0.25, 0.3) is 0 Å². The first kappa shape index (κ1) is 12.8. The molecule has 1 saturated heterocycles. The van der Waals surface area contributed by atoms with Crippen molar-refractivity contribution in [2.75, 3.05) is 13.2 Å². The van der Waals surface area contributed by atoms with E-state index in [2.05, 4.69) is 10.9 Å². The van der Waals surface area contributed by atoms with Gasteiger partial charge in [-0.25, -0.2) is 5.43 Å². The van der Waals surface area contributed by atoms with Gasteiger partial charge in [-0.3, -0.25) is 5.43 Å². The molecule has 0 aromatic carbocycles. The van der Waals surface area contributed by atoms with Gasteiger partial charge in [0.2, 0.25) is 0 Å². The Kier molecular flexibility index (Phi) is 4.87. The first-order valence-electron chi connectivity index (χ1n) is 4.90. The molecule has 1 unspecified atom stereocenters. The van der Waals surface area contributed by atoms with Crippen LogP contribution in [0.2, 0.25) is 0 Å². The van der Waals surface area contributed by atoms with Crippen LogP contribution in [0.1, 0.15) is 6.92 Å². The van der Waals surface area contributed by atoms with E-state index in [1.807, 2.05) is 6.92 Å². The second kappa shape index (κ2) is 5.71. The van der Waals surface area contributed by atoms with E-state index in [-0.39, 0.29) is 0 Å². The van der Waals surface area contributed by atoms with Crippen molar-refractivity contribution >= 4 is 0 Å². The number of hydrogen-bond donors (Lipinski definition) is 6. The molecule has 0 saturated carbocycles. The molecule has 1 aliphatic rings. The van der Waals surface area contributed by atoms with Gasteiger partial charge in [0, 0.05) is 6.54 Å². The zero-order valence-electron chi connectivity index (χ0n) is 8.50. The van der Waals surface area contributed by atoms with E-state index in [0.717, 1.165) is 0 Å². The quantitative estimate of drug-likeness (QED) is 0.279. The molecule has 0 aromatic rings. The molecule has 0 aliphatic carbocycles. The monoisotopic (exact) mass is 222 g/mol. The van der Waals surface area contributed by atoms with Crippen LogP contribution in [-0.2, 0) is 4.74 Å². The van der Waals surface area contributed by atoms with E-state index < -0.39 is 37.3 Å². The van der Waals surface area contributed by atoms with Crippen LogP contribution in [0.3, 0.4) is 0 Å². The standard InChI is InChI=1S/C8H18N2O5/c1-2-9-10-5-7(13)6(12)4(3-11)15-8(5)14/h4-14H,2-3H2,1H3/t4-,5-,6-,7-,8?/m1/s1. The molecule has 1 fully saturated rings. The lowest BCUT2D eigenvalue weighted by Gasteiger charge is -2.40.